The number of hydrogen-bond donors (Lipinski definition) is 2. The molecule has 6 heteroatoms. The number of nitrogens with one attached hydrogen (secondary N) is 1. The molecular formula is C14H9ClFN3O. The van der Waals surface area contributed by atoms with Gasteiger partial charge in [-0.05, 0) is 36.4 Å². The van der Waals surface area contributed by atoms with E-state index in [1.54, 1.807) is 0 Å². The van der Waals surface area contributed by atoms with Crippen molar-refractivity contribution in [3.63, 3.8) is 0 Å². The van der Waals surface area contributed by atoms with Crippen molar-refractivity contribution in [3.05, 3.63) is 58.4 Å². The summed E-state index contributed by atoms with van der Waals surface area (Å²) in [6.07, 6.45) is 0. The predicted octanol–water partition coefficient (Wildman–Crippen LogP) is 3.19. The van der Waals surface area contributed by atoms with Crippen molar-refractivity contribution in [2.24, 2.45) is 0 Å². The third-order valence-electron chi connectivity index (χ3n) is 2.60. The molecule has 0 saturated carbocycles. The summed E-state index contributed by atoms with van der Waals surface area (Å²) in [7, 11) is 0. The monoisotopic (exact) mass is 289 g/mol. The average molecular weight is 290 g/mol. The van der Waals surface area contributed by atoms with Crippen molar-refractivity contribution in [1.29, 1.82) is 5.26 Å². The minimum Gasteiger partial charge on any atom is -0.396 e. The zero-order chi connectivity index (χ0) is 14.7. The summed E-state index contributed by atoms with van der Waals surface area (Å²) in [5, 5.41) is 11.5. The highest BCUT2D eigenvalue weighted by molar-refractivity contribution is 6.34. The highest BCUT2D eigenvalue weighted by Gasteiger charge is 2.10. The molecule has 0 aliphatic rings. The van der Waals surface area contributed by atoms with Gasteiger partial charge in [-0.1, -0.05) is 11.6 Å². The molecule has 0 aliphatic carbocycles. The van der Waals surface area contributed by atoms with E-state index < -0.39 is 11.7 Å². The lowest BCUT2D eigenvalue weighted by molar-refractivity contribution is 0.102. The minimum absolute atomic E-state index is 0.108. The van der Waals surface area contributed by atoms with Gasteiger partial charge in [0.1, 0.15) is 5.82 Å². The Morgan fingerprint density at radius 2 is 2.05 bits per heavy atom. The van der Waals surface area contributed by atoms with Crippen LogP contribution in [-0.2, 0) is 0 Å². The largest absolute Gasteiger partial charge is 0.396 e. The van der Waals surface area contributed by atoms with Crippen LogP contribution in [0.25, 0.3) is 0 Å². The first-order chi connectivity index (χ1) is 9.51. The molecule has 20 heavy (non-hydrogen) atoms. The van der Waals surface area contributed by atoms with E-state index in [1.165, 1.54) is 30.3 Å². The van der Waals surface area contributed by atoms with Gasteiger partial charge in [-0.2, -0.15) is 5.26 Å². The lowest BCUT2D eigenvalue weighted by Crippen LogP contribution is -2.12. The molecule has 2 aromatic carbocycles. The number of amides is 1. The van der Waals surface area contributed by atoms with Crippen molar-refractivity contribution < 1.29 is 9.18 Å². The molecule has 0 heterocycles. The summed E-state index contributed by atoms with van der Waals surface area (Å²) in [6.45, 7) is 0. The molecule has 100 valence electrons. The van der Waals surface area contributed by atoms with E-state index >= 15 is 0 Å². The number of nitrogen functional groups attached to an aromatic ring is 1. The first-order valence-corrected chi connectivity index (χ1v) is 5.95. The lowest BCUT2D eigenvalue weighted by Gasteiger charge is -2.08. The van der Waals surface area contributed by atoms with E-state index in [2.05, 4.69) is 5.32 Å². The van der Waals surface area contributed by atoms with Gasteiger partial charge >= 0.3 is 0 Å². The van der Waals surface area contributed by atoms with E-state index in [9.17, 15) is 9.18 Å². The molecule has 0 radical (unpaired) electrons. The second-order valence-electron chi connectivity index (χ2n) is 4.00. The fraction of sp³-hybridized carbons (Fsp3) is 0. The number of halogens is 2. The summed E-state index contributed by atoms with van der Waals surface area (Å²) in [4.78, 5) is 12.0. The first-order valence-electron chi connectivity index (χ1n) is 5.57. The Morgan fingerprint density at radius 1 is 1.30 bits per heavy atom. The molecule has 0 aliphatic heterocycles. The summed E-state index contributed by atoms with van der Waals surface area (Å²) in [5.41, 5.74) is 6.25. The van der Waals surface area contributed by atoms with Crippen molar-refractivity contribution in [2.75, 3.05) is 11.1 Å². The van der Waals surface area contributed by atoms with E-state index in [0.717, 1.165) is 6.07 Å². The topological polar surface area (TPSA) is 78.9 Å². The number of anilines is 2. The second kappa shape index (κ2) is 5.59. The summed E-state index contributed by atoms with van der Waals surface area (Å²) in [5.74, 6) is -1.05. The fourth-order valence-corrected chi connectivity index (χ4v) is 1.79. The summed E-state index contributed by atoms with van der Waals surface area (Å²) >= 11 is 5.95. The van der Waals surface area contributed by atoms with Gasteiger partial charge < -0.3 is 11.1 Å². The van der Waals surface area contributed by atoms with Crippen LogP contribution in [0.1, 0.15) is 15.9 Å². The van der Waals surface area contributed by atoms with Gasteiger partial charge in [0.25, 0.3) is 5.91 Å². The highest BCUT2D eigenvalue weighted by atomic mass is 35.5. The van der Waals surface area contributed by atoms with Crippen molar-refractivity contribution in [2.45, 2.75) is 0 Å². The van der Waals surface area contributed by atoms with Crippen LogP contribution in [0.4, 0.5) is 15.8 Å². The number of hydrogen-bond acceptors (Lipinski definition) is 3. The van der Waals surface area contributed by atoms with E-state index in [1.807, 2.05) is 6.07 Å². The minimum atomic E-state index is -0.585. The average Bonchev–Trinajstić information content (AvgIpc) is 2.43. The van der Waals surface area contributed by atoms with Crippen LogP contribution < -0.4 is 11.1 Å². The Morgan fingerprint density at radius 3 is 2.65 bits per heavy atom. The Kier molecular flexibility index (Phi) is 3.87. The van der Waals surface area contributed by atoms with Gasteiger partial charge in [0.05, 0.1) is 28.0 Å². The zero-order valence-corrected chi connectivity index (χ0v) is 10.9. The van der Waals surface area contributed by atoms with Crippen LogP contribution in [0.5, 0.6) is 0 Å². The maximum absolute atomic E-state index is 13.0. The van der Waals surface area contributed by atoms with Gasteiger partial charge in [-0.25, -0.2) is 4.39 Å². The molecule has 0 fully saturated rings. The molecule has 0 bridgehead atoms. The number of nitriles is 1. The van der Waals surface area contributed by atoms with Crippen LogP contribution in [0.2, 0.25) is 5.02 Å². The van der Waals surface area contributed by atoms with Crippen molar-refractivity contribution in [3.8, 4) is 6.07 Å². The molecule has 4 nitrogen and oxygen atoms in total. The fourth-order valence-electron chi connectivity index (χ4n) is 1.57. The maximum Gasteiger partial charge on any atom is 0.255 e. The molecular weight excluding hydrogens is 281 g/mol. The van der Waals surface area contributed by atoms with Crippen molar-refractivity contribution >= 4 is 28.9 Å². The molecule has 0 aromatic heterocycles. The van der Waals surface area contributed by atoms with E-state index in [-0.39, 0.29) is 16.3 Å². The zero-order valence-electron chi connectivity index (χ0n) is 10.2. The molecule has 3 N–H and O–H groups in total. The quantitative estimate of drug-likeness (QED) is 0.833. The van der Waals surface area contributed by atoms with Gasteiger partial charge in [-0.15, -0.1) is 0 Å². The Hall–Kier alpha value is -2.58. The smallest absolute Gasteiger partial charge is 0.255 e. The van der Waals surface area contributed by atoms with Crippen LogP contribution in [0, 0.1) is 17.1 Å². The molecule has 0 atom stereocenters. The predicted molar refractivity (Wildman–Crippen MR) is 74.9 cm³/mol. The molecule has 1 amide bonds. The molecule has 2 aromatic rings. The van der Waals surface area contributed by atoms with Crippen LogP contribution in [-0.4, -0.2) is 5.91 Å². The third kappa shape index (κ3) is 2.87. The van der Waals surface area contributed by atoms with Gasteiger partial charge in [0.2, 0.25) is 0 Å². The lowest BCUT2D eigenvalue weighted by atomic mass is 10.1. The first kappa shape index (κ1) is 13.8. The van der Waals surface area contributed by atoms with Crippen LogP contribution in [0.3, 0.4) is 0 Å². The molecule has 2 rings (SSSR count). The van der Waals surface area contributed by atoms with E-state index in [4.69, 9.17) is 22.6 Å². The molecule has 0 spiro atoms. The number of nitrogens with two attached hydrogens (primary N) is 1. The van der Waals surface area contributed by atoms with Gasteiger partial charge in [-0.3, -0.25) is 4.79 Å². The Bertz CT molecular complexity index is 725. The highest BCUT2D eigenvalue weighted by Crippen LogP contribution is 2.23. The van der Waals surface area contributed by atoms with Crippen LogP contribution in [0.15, 0.2) is 36.4 Å². The third-order valence-corrected chi connectivity index (χ3v) is 2.92. The molecule has 0 unspecified atom stereocenters. The van der Waals surface area contributed by atoms with Gasteiger partial charge in [0.15, 0.2) is 0 Å². The van der Waals surface area contributed by atoms with Crippen molar-refractivity contribution in [1.82, 2.24) is 0 Å². The standard InChI is InChI=1S/C14H9ClFN3O/c15-10-5-8(7-17)1-4-13(10)19-14(20)9-2-3-11(16)12(18)6-9/h1-6H,18H2,(H,19,20). The maximum atomic E-state index is 13.0. The van der Waals surface area contributed by atoms with Crippen LogP contribution >= 0.6 is 11.6 Å². The summed E-state index contributed by atoms with van der Waals surface area (Å²) < 4.78 is 13.0. The number of carbonyl (C=O) groups excluding carboxylic acids is 1. The number of nitrogens with zero attached hydrogens (tertiary/aromatic N) is 1. The second-order valence-corrected chi connectivity index (χ2v) is 4.40. The Balaban J connectivity index is 2.23. The number of rotatable bonds is 2. The van der Waals surface area contributed by atoms with Gasteiger partial charge in [0, 0.05) is 5.56 Å². The molecule has 0 saturated heterocycles. The number of benzene rings is 2. The normalized spacial score (nSPS) is 9.85. The number of carbonyl (C=O) groups is 1. The van der Waals surface area contributed by atoms with E-state index in [0.29, 0.717) is 11.3 Å². The Labute approximate surface area is 119 Å². The SMILES string of the molecule is N#Cc1ccc(NC(=O)c2ccc(F)c(N)c2)c(Cl)c1. The summed E-state index contributed by atoms with van der Waals surface area (Å²) in [6, 6.07) is 10.1.